The average molecular weight is 519 g/mol. The molecule has 0 spiro atoms. The summed E-state index contributed by atoms with van der Waals surface area (Å²) in [6, 6.07) is 15.8. The third kappa shape index (κ3) is 6.45. The zero-order valence-corrected chi connectivity index (χ0v) is 20.6. The van der Waals surface area contributed by atoms with Gasteiger partial charge in [0.25, 0.3) is 5.91 Å². The van der Waals surface area contributed by atoms with Crippen LogP contribution < -0.4 is 10.6 Å². The monoisotopic (exact) mass is 518 g/mol. The molecule has 0 saturated heterocycles. The van der Waals surface area contributed by atoms with Crippen LogP contribution in [0.2, 0.25) is 5.02 Å². The van der Waals surface area contributed by atoms with Crippen LogP contribution in [0.4, 0.5) is 15.8 Å². The molecule has 184 valence electrons. The maximum Gasteiger partial charge on any atom is 0.260 e. The van der Waals surface area contributed by atoms with Crippen molar-refractivity contribution in [2.24, 2.45) is 0 Å². The maximum absolute atomic E-state index is 13.9. The fraction of sp³-hybridized carbons (Fsp3) is 0.200. The highest BCUT2D eigenvalue weighted by Crippen LogP contribution is 2.26. The fourth-order valence-corrected chi connectivity index (χ4v) is 4.27. The van der Waals surface area contributed by atoms with Crippen molar-refractivity contribution in [1.82, 2.24) is 0 Å². The molecule has 0 saturated carbocycles. The lowest BCUT2D eigenvalue weighted by Crippen LogP contribution is -2.37. The van der Waals surface area contributed by atoms with Gasteiger partial charge in [-0.25, -0.2) is 12.8 Å². The first-order chi connectivity index (χ1) is 16.4. The minimum Gasteiger partial charge on any atom is -0.376 e. The Morgan fingerprint density at radius 3 is 2.23 bits per heavy atom. The van der Waals surface area contributed by atoms with E-state index < -0.39 is 27.2 Å². The fourth-order valence-electron chi connectivity index (χ4n) is 3.22. The second-order valence-electron chi connectivity index (χ2n) is 8.00. The van der Waals surface area contributed by atoms with Gasteiger partial charge in [-0.2, -0.15) is 0 Å². The Hall–Kier alpha value is -3.27. The number of benzene rings is 3. The molecule has 0 radical (unpaired) electrons. The molecule has 1 atom stereocenters. The van der Waals surface area contributed by atoms with E-state index in [1.165, 1.54) is 55.5 Å². The summed E-state index contributed by atoms with van der Waals surface area (Å²) in [5, 5.41) is 16.0. The van der Waals surface area contributed by atoms with Crippen LogP contribution in [0.3, 0.4) is 0 Å². The Balaban J connectivity index is 1.64. The van der Waals surface area contributed by atoms with E-state index in [1.807, 2.05) is 0 Å². The Morgan fingerprint density at radius 1 is 1.00 bits per heavy atom. The van der Waals surface area contributed by atoms with Gasteiger partial charge in [0.2, 0.25) is 5.91 Å². The van der Waals surface area contributed by atoms with Crippen molar-refractivity contribution in [1.29, 1.82) is 0 Å². The summed E-state index contributed by atoms with van der Waals surface area (Å²) >= 11 is 5.83. The molecule has 0 aliphatic heterocycles. The van der Waals surface area contributed by atoms with Crippen LogP contribution in [0.25, 0.3) is 0 Å². The third-order valence-corrected chi connectivity index (χ3v) is 7.36. The van der Waals surface area contributed by atoms with Crippen LogP contribution in [0, 0.1) is 5.82 Å². The van der Waals surface area contributed by atoms with Crippen molar-refractivity contribution in [3.8, 4) is 0 Å². The lowest BCUT2D eigenvalue weighted by Gasteiger charge is -2.23. The molecular weight excluding hydrogens is 495 g/mol. The molecule has 1 unspecified atom stereocenters. The van der Waals surface area contributed by atoms with E-state index in [1.54, 1.807) is 19.1 Å². The first kappa shape index (κ1) is 26.3. The quantitative estimate of drug-likeness (QED) is 0.411. The average Bonchev–Trinajstić information content (AvgIpc) is 2.82. The van der Waals surface area contributed by atoms with Crippen molar-refractivity contribution in [3.05, 3.63) is 88.7 Å². The highest BCUT2D eigenvalue weighted by Gasteiger charge is 2.33. The molecule has 35 heavy (non-hydrogen) atoms. The number of nitrogens with one attached hydrogen (secondary N) is 2. The third-order valence-electron chi connectivity index (χ3n) is 5.38. The lowest BCUT2D eigenvalue weighted by molar-refractivity contribution is -0.133. The summed E-state index contributed by atoms with van der Waals surface area (Å²) in [5.74, 6) is -1.89. The van der Waals surface area contributed by atoms with E-state index in [9.17, 15) is 27.5 Å². The summed E-state index contributed by atoms with van der Waals surface area (Å²) in [6.45, 7) is 2.83. The molecule has 0 aliphatic carbocycles. The standard InChI is InChI=1S/C25H24ClFN2O5S/c1-3-35(33,34)20-11-4-16(5-12-20)14-23(30)28-19-9-6-17(7-10-19)25(2,32)24(31)29-22-15-18(26)8-13-21(22)27/h4-13,15,32H,3,14H2,1-2H3,(H,28,30)(H,29,31). The summed E-state index contributed by atoms with van der Waals surface area (Å²) in [4.78, 5) is 25.2. The number of hydrogen-bond acceptors (Lipinski definition) is 5. The van der Waals surface area contributed by atoms with E-state index in [2.05, 4.69) is 10.6 Å². The van der Waals surface area contributed by atoms with Crippen LogP contribution in [0.1, 0.15) is 25.0 Å². The largest absolute Gasteiger partial charge is 0.376 e. The Bertz CT molecular complexity index is 1340. The van der Waals surface area contributed by atoms with E-state index in [-0.39, 0.29) is 39.2 Å². The maximum atomic E-state index is 13.9. The van der Waals surface area contributed by atoms with Gasteiger partial charge in [0.05, 0.1) is 22.8 Å². The Labute approximate surface area is 207 Å². The highest BCUT2D eigenvalue weighted by atomic mass is 35.5. The number of carbonyl (C=O) groups is 2. The van der Waals surface area contributed by atoms with E-state index in [4.69, 9.17) is 11.6 Å². The summed E-state index contributed by atoms with van der Waals surface area (Å²) in [7, 11) is -3.31. The second kappa shape index (κ2) is 10.6. The SMILES string of the molecule is CCS(=O)(=O)c1ccc(CC(=O)Nc2ccc(C(C)(O)C(=O)Nc3cc(Cl)ccc3F)cc2)cc1. The van der Waals surface area contributed by atoms with Crippen LogP contribution in [0.15, 0.2) is 71.6 Å². The number of aliphatic hydroxyl groups is 1. The number of rotatable bonds is 8. The first-order valence-corrected chi connectivity index (χ1v) is 12.7. The zero-order chi connectivity index (χ0) is 25.8. The summed E-state index contributed by atoms with van der Waals surface area (Å²) in [5.41, 5.74) is -0.851. The molecule has 0 aliphatic rings. The van der Waals surface area contributed by atoms with Crippen LogP contribution in [-0.4, -0.2) is 31.1 Å². The Kier molecular flexibility index (Phi) is 7.94. The molecule has 7 nitrogen and oxygen atoms in total. The molecule has 0 heterocycles. The van der Waals surface area contributed by atoms with Crippen molar-refractivity contribution in [2.45, 2.75) is 30.8 Å². The van der Waals surface area contributed by atoms with Crippen molar-refractivity contribution in [2.75, 3.05) is 16.4 Å². The number of hydrogen-bond donors (Lipinski definition) is 3. The molecular formula is C25H24ClFN2O5S. The predicted molar refractivity (Wildman–Crippen MR) is 133 cm³/mol. The van der Waals surface area contributed by atoms with Crippen LogP contribution in [-0.2, 0) is 31.4 Å². The van der Waals surface area contributed by atoms with Gasteiger partial charge in [-0.15, -0.1) is 0 Å². The highest BCUT2D eigenvalue weighted by molar-refractivity contribution is 7.91. The number of sulfone groups is 1. The minimum absolute atomic E-state index is 0.00509. The van der Waals surface area contributed by atoms with Gasteiger partial charge in [0, 0.05) is 10.7 Å². The van der Waals surface area contributed by atoms with Crippen molar-refractivity contribution >= 4 is 44.6 Å². The van der Waals surface area contributed by atoms with Gasteiger partial charge in [0.1, 0.15) is 5.82 Å². The van der Waals surface area contributed by atoms with Crippen LogP contribution >= 0.6 is 11.6 Å². The first-order valence-electron chi connectivity index (χ1n) is 10.6. The lowest BCUT2D eigenvalue weighted by atomic mass is 9.94. The van der Waals surface area contributed by atoms with Gasteiger partial charge >= 0.3 is 0 Å². The molecule has 3 aromatic carbocycles. The Morgan fingerprint density at radius 2 is 1.63 bits per heavy atom. The minimum atomic E-state index is -3.31. The smallest absolute Gasteiger partial charge is 0.260 e. The number of anilines is 2. The molecule has 0 aromatic heterocycles. The van der Waals surface area contributed by atoms with Gasteiger partial charge < -0.3 is 15.7 Å². The normalized spacial score (nSPS) is 13.1. The second-order valence-corrected chi connectivity index (χ2v) is 10.7. The van der Waals surface area contributed by atoms with Gasteiger partial charge in [-0.1, -0.05) is 42.8 Å². The summed E-state index contributed by atoms with van der Waals surface area (Å²) in [6.07, 6.45) is 0.0273. The van der Waals surface area contributed by atoms with Gasteiger partial charge in [-0.3, -0.25) is 9.59 Å². The van der Waals surface area contributed by atoms with Gasteiger partial charge in [-0.05, 0) is 60.5 Å². The molecule has 3 rings (SSSR count). The molecule has 3 aromatic rings. The molecule has 10 heteroatoms. The van der Waals surface area contributed by atoms with Crippen molar-refractivity contribution in [3.63, 3.8) is 0 Å². The predicted octanol–water partition coefficient (Wildman–Crippen LogP) is 4.30. The number of halogens is 2. The van der Waals surface area contributed by atoms with E-state index in [0.717, 1.165) is 6.07 Å². The zero-order valence-electron chi connectivity index (χ0n) is 19.0. The summed E-state index contributed by atoms with van der Waals surface area (Å²) < 4.78 is 37.7. The van der Waals surface area contributed by atoms with Crippen molar-refractivity contribution < 1.29 is 27.5 Å². The van der Waals surface area contributed by atoms with E-state index >= 15 is 0 Å². The van der Waals surface area contributed by atoms with E-state index in [0.29, 0.717) is 11.3 Å². The molecule has 2 amide bonds. The van der Waals surface area contributed by atoms with Gasteiger partial charge in [0.15, 0.2) is 15.4 Å². The molecule has 0 bridgehead atoms. The number of carbonyl (C=O) groups excluding carboxylic acids is 2. The van der Waals surface area contributed by atoms with Crippen LogP contribution in [0.5, 0.6) is 0 Å². The topological polar surface area (TPSA) is 113 Å². The molecule has 3 N–H and O–H groups in total. The number of amides is 2. The molecule has 0 fully saturated rings.